The zero-order valence-electron chi connectivity index (χ0n) is 8.09. The minimum absolute atomic E-state index is 0.332. The number of nitrogens with zero attached hydrogens (tertiary/aromatic N) is 1. The molecule has 0 aliphatic rings. The lowest BCUT2D eigenvalue weighted by Gasteiger charge is -2.24. The van der Waals surface area contributed by atoms with Crippen molar-refractivity contribution >= 4 is 52.3 Å². The molecule has 0 aromatic rings. The highest BCUT2D eigenvalue weighted by Crippen LogP contribution is 2.22. The van der Waals surface area contributed by atoms with Gasteiger partial charge in [0.1, 0.15) is 0 Å². The molecule has 6 heteroatoms. The second kappa shape index (κ2) is 7.39. The van der Waals surface area contributed by atoms with E-state index >= 15 is 0 Å². The minimum atomic E-state index is -1.44. The highest BCUT2D eigenvalue weighted by molar-refractivity contribution is 6.57. The smallest absolute Gasteiger partial charge is 0.259 e. The number of rotatable bonds is 5. The van der Waals surface area contributed by atoms with Crippen LogP contribution < -0.4 is 0 Å². The first kappa shape index (κ1) is 15.1. The van der Waals surface area contributed by atoms with E-state index in [-0.39, 0.29) is 0 Å². The molecule has 0 heterocycles. The van der Waals surface area contributed by atoms with Crippen molar-refractivity contribution < 1.29 is 4.79 Å². The minimum Gasteiger partial charge on any atom is -0.333 e. The third-order valence-corrected chi connectivity index (χ3v) is 2.17. The number of carbonyl (C=O) groups excluding carboxylic acids is 1. The van der Waals surface area contributed by atoms with Crippen LogP contribution in [-0.2, 0) is 4.79 Å². The molecule has 0 N–H and O–H groups in total. The van der Waals surface area contributed by atoms with E-state index in [1.807, 2.05) is 0 Å². The monoisotopic (exact) mass is 289 g/mol. The predicted octanol–water partition coefficient (Wildman–Crippen LogP) is 3.51. The molecule has 0 atom stereocenters. The summed E-state index contributed by atoms with van der Waals surface area (Å²) in [4.78, 5) is 13.1. The van der Waals surface area contributed by atoms with Gasteiger partial charge in [-0.15, -0.1) is 0 Å². The van der Waals surface area contributed by atoms with Gasteiger partial charge in [0.15, 0.2) is 4.33 Å². The zero-order chi connectivity index (χ0) is 11.9. The molecule has 0 aliphatic carbocycles. The Balaban J connectivity index is 4.54. The molecular weight excluding hydrogens is 280 g/mol. The number of hydrogen-bond donors (Lipinski definition) is 0. The fourth-order valence-electron chi connectivity index (χ4n) is 0.852. The molecule has 86 valence electrons. The van der Waals surface area contributed by atoms with Crippen LogP contribution in [0.3, 0.4) is 0 Å². The largest absolute Gasteiger partial charge is 0.333 e. The van der Waals surface area contributed by atoms with Gasteiger partial charge in [-0.2, -0.15) is 0 Å². The fourth-order valence-corrected chi connectivity index (χ4v) is 1.25. The van der Waals surface area contributed by atoms with Gasteiger partial charge in [0.2, 0.25) is 0 Å². The molecule has 0 saturated carbocycles. The first-order valence-corrected chi connectivity index (χ1v) is 5.74. The summed E-state index contributed by atoms with van der Waals surface area (Å²) in [5.41, 5.74) is 2.65. The van der Waals surface area contributed by atoms with E-state index in [0.29, 0.717) is 13.1 Å². The van der Waals surface area contributed by atoms with Crippen molar-refractivity contribution in [2.45, 2.75) is 11.3 Å². The Kier molecular flexibility index (Phi) is 7.45. The van der Waals surface area contributed by atoms with Gasteiger partial charge in [0.25, 0.3) is 5.91 Å². The zero-order valence-corrected chi connectivity index (χ0v) is 11.1. The molecule has 0 aromatic carbocycles. The molecule has 0 aliphatic heterocycles. The van der Waals surface area contributed by atoms with E-state index in [9.17, 15) is 4.79 Å². The molecule has 0 saturated heterocycles. The quantitative estimate of drug-likeness (QED) is 0.710. The molecule has 1 amide bonds. The molecule has 2 nitrogen and oxygen atoms in total. The average Bonchev–Trinajstić information content (AvgIpc) is 2.16. The maximum Gasteiger partial charge on any atom is 0.259 e. The number of alkyl halides is 2. The van der Waals surface area contributed by atoms with E-state index < -0.39 is 10.2 Å². The van der Waals surface area contributed by atoms with Crippen molar-refractivity contribution in [2.24, 2.45) is 0 Å². The maximum absolute atomic E-state index is 11.7. The van der Waals surface area contributed by atoms with Crippen LogP contribution in [0.1, 0.15) is 6.92 Å². The lowest BCUT2D eigenvalue weighted by atomic mass is 10.3. The van der Waals surface area contributed by atoms with Crippen LogP contribution in [0, 0.1) is 0 Å². The van der Waals surface area contributed by atoms with Crippen LogP contribution in [0.15, 0.2) is 23.2 Å². The SMILES string of the molecule is CC(Cl)(Cl)C(=O)N(CC=CCl)CC=CCl. The second-order valence-electron chi connectivity index (χ2n) is 2.82. The van der Waals surface area contributed by atoms with Crippen LogP contribution in [0.5, 0.6) is 0 Å². The Morgan fingerprint density at radius 2 is 1.60 bits per heavy atom. The predicted molar refractivity (Wildman–Crippen MR) is 66.7 cm³/mol. The Hall–Kier alpha value is 0.110. The summed E-state index contributed by atoms with van der Waals surface area (Å²) < 4.78 is -1.44. The third-order valence-electron chi connectivity index (χ3n) is 1.49. The standard InChI is InChI=1S/C9H11Cl4NO/c1-9(12,13)8(15)14(6-2-4-10)7-3-5-11/h2-5H,6-7H2,1H3. The maximum atomic E-state index is 11.7. The van der Waals surface area contributed by atoms with Gasteiger partial charge in [0.05, 0.1) is 0 Å². The number of hydrogen-bond acceptors (Lipinski definition) is 1. The van der Waals surface area contributed by atoms with Gasteiger partial charge < -0.3 is 4.90 Å². The van der Waals surface area contributed by atoms with Crippen LogP contribution in [0.2, 0.25) is 0 Å². The van der Waals surface area contributed by atoms with Crippen molar-refractivity contribution in [3.8, 4) is 0 Å². The topological polar surface area (TPSA) is 20.3 Å². The molecule has 15 heavy (non-hydrogen) atoms. The highest BCUT2D eigenvalue weighted by atomic mass is 35.5. The van der Waals surface area contributed by atoms with E-state index in [1.165, 1.54) is 22.9 Å². The molecule has 0 radical (unpaired) electrons. The van der Waals surface area contributed by atoms with Gasteiger partial charge in [0, 0.05) is 24.2 Å². The van der Waals surface area contributed by atoms with Gasteiger partial charge in [-0.25, -0.2) is 0 Å². The van der Waals surface area contributed by atoms with Crippen molar-refractivity contribution in [3.63, 3.8) is 0 Å². The number of amides is 1. The van der Waals surface area contributed by atoms with Crippen LogP contribution in [-0.4, -0.2) is 28.2 Å². The van der Waals surface area contributed by atoms with Crippen LogP contribution >= 0.6 is 46.4 Å². The highest BCUT2D eigenvalue weighted by Gasteiger charge is 2.31. The van der Waals surface area contributed by atoms with Crippen LogP contribution in [0.4, 0.5) is 0 Å². The van der Waals surface area contributed by atoms with Crippen molar-refractivity contribution in [3.05, 3.63) is 23.2 Å². The Bertz CT molecular complexity index is 243. The lowest BCUT2D eigenvalue weighted by molar-refractivity contribution is -0.130. The van der Waals surface area contributed by atoms with Gasteiger partial charge in [-0.1, -0.05) is 58.6 Å². The van der Waals surface area contributed by atoms with Crippen molar-refractivity contribution in [1.82, 2.24) is 4.90 Å². The average molecular weight is 291 g/mol. The summed E-state index contributed by atoms with van der Waals surface area (Å²) in [5, 5.41) is 0. The van der Waals surface area contributed by atoms with E-state index in [4.69, 9.17) is 46.4 Å². The molecule has 0 rings (SSSR count). The number of halogens is 4. The second-order valence-corrected chi connectivity index (χ2v) is 5.03. The number of carbonyl (C=O) groups is 1. The summed E-state index contributed by atoms with van der Waals surface area (Å²) >= 11 is 22.1. The van der Waals surface area contributed by atoms with Crippen LogP contribution in [0.25, 0.3) is 0 Å². The summed E-state index contributed by atoms with van der Waals surface area (Å²) in [6.45, 7) is 2.08. The molecule has 0 aromatic heterocycles. The van der Waals surface area contributed by atoms with Gasteiger partial charge in [-0.3, -0.25) is 4.79 Å². The molecule has 0 spiro atoms. The summed E-state index contributed by atoms with van der Waals surface area (Å²) in [6.07, 6.45) is 3.22. The lowest BCUT2D eigenvalue weighted by Crippen LogP contribution is -2.40. The van der Waals surface area contributed by atoms with Crippen molar-refractivity contribution in [2.75, 3.05) is 13.1 Å². The molecule has 0 fully saturated rings. The van der Waals surface area contributed by atoms with Crippen molar-refractivity contribution in [1.29, 1.82) is 0 Å². The fraction of sp³-hybridized carbons (Fsp3) is 0.444. The summed E-state index contributed by atoms with van der Waals surface area (Å²) in [6, 6.07) is 0. The Morgan fingerprint density at radius 3 is 1.87 bits per heavy atom. The molecular formula is C9H11Cl4NO. The third kappa shape index (κ3) is 6.31. The summed E-state index contributed by atoms with van der Waals surface area (Å²) in [5.74, 6) is -0.393. The normalized spacial score (nSPS) is 12.6. The van der Waals surface area contributed by atoms with E-state index in [0.717, 1.165) is 0 Å². The van der Waals surface area contributed by atoms with Gasteiger partial charge >= 0.3 is 0 Å². The first-order valence-electron chi connectivity index (χ1n) is 4.11. The Morgan fingerprint density at radius 1 is 1.20 bits per heavy atom. The van der Waals surface area contributed by atoms with E-state index in [2.05, 4.69) is 0 Å². The molecule has 0 unspecified atom stereocenters. The first-order chi connectivity index (χ1) is 6.93. The van der Waals surface area contributed by atoms with Gasteiger partial charge in [-0.05, 0) is 6.92 Å². The Labute approximate surface area is 109 Å². The summed E-state index contributed by atoms with van der Waals surface area (Å²) in [7, 11) is 0. The van der Waals surface area contributed by atoms with E-state index in [1.54, 1.807) is 12.2 Å². The molecule has 0 bridgehead atoms.